The SMILES string of the molecule is COc1cc(C)c([C@@H](C)NC(=O)CCCN(c2cc(Cl)ccc2C)S(C)(=O)=O)cc1C(C)C. The zero-order valence-corrected chi connectivity index (χ0v) is 22.1. The van der Waals surface area contributed by atoms with Crippen LogP contribution in [0.5, 0.6) is 5.75 Å². The van der Waals surface area contributed by atoms with E-state index in [0.29, 0.717) is 23.0 Å². The summed E-state index contributed by atoms with van der Waals surface area (Å²) in [5.41, 5.74) is 4.52. The molecule has 0 spiro atoms. The van der Waals surface area contributed by atoms with E-state index in [0.717, 1.165) is 34.3 Å². The van der Waals surface area contributed by atoms with E-state index in [4.69, 9.17) is 16.3 Å². The third-order valence-corrected chi connectivity index (χ3v) is 7.10. The van der Waals surface area contributed by atoms with Crippen LogP contribution in [0.15, 0.2) is 30.3 Å². The molecule has 0 aliphatic rings. The molecule has 6 nitrogen and oxygen atoms in total. The largest absolute Gasteiger partial charge is 0.496 e. The summed E-state index contributed by atoms with van der Waals surface area (Å²) in [6, 6.07) is 9.07. The van der Waals surface area contributed by atoms with Gasteiger partial charge in [-0.15, -0.1) is 0 Å². The van der Waals surface area contributed by atoms with Crippen molar-refractivity contribution in [2.75, 3.05) is 24.2 Å². The van der Waals surface area contributed by atoms with Gasteiger partial charge < -0.3 is 10.1 Å². The molecule has 1 N–H and O–H groups in total. The van der Waals surface area contributed by atoms with Crippen LogP contribution in [-0.2, 0) is 14.8 Å². The van der Waals surface area contributed by atoms with Gasteiger partial charge in [0.2, 0.25) is 15.9 Å². The molecule has 1 amide bonds. The highest BCUT2D eigenvalue weighted by molar-refractivity contribution is 7.92. The fourth-order valence-electron chi connectivity index (χ4n) is 3.90. The Morgan fingerprint density at radius 3 is 2.33 bits per heavy atom. The number of nitrogens with one attached hydrogen (secondary N) is 1. The van der Waals surface area contributed by atoms with Gasteiger partial charge in [-0.05, 0) is 79.6 Å². The van der Waals surface area contributed by atoms with Gasteiger partial charge in [0.25, 0.3) is 0 Å². The minimum atomic E-state index is -3.52. The molecule has 0 aromatic heterocycles. The predicted molar refractivity (Wildman–Crippen MR) is 136 cm³/mol. The fraction of sp³-hybridized carbons (Fsp3) is 0.480. The molecule has 0 heterocycles. The Morgan fingerprint density at radius 1 is 1.09 bits per heavy atom. The number of amides is 1. The zero-order valence-electron chi connectivity index (χ0n) is 20.5. The monoisotopic (exact) mass is 494 g/mol. The number of sulfonamides is 1. The van der Waals surface area contributed by atoms with Crippen molar-refractivity contribution >= 4 is 33.2 Å². The van der Waals surface area contributed by atoms with Crippen molar-refractivity contribution in [1.29, 1.82) is 0 Å². The minimum Gasteiger partial charge on any atom is -0.496 e. The number of nitrogens with zero attached hydrogens (tertiary/aromatic N) is 1. The van der Waals surface area contributed by atoms with Crippen molar-refractivity contribution in [3.05, 3.63) is 57.6 Å². The van der Waals surface area contributed by atoms with E-state index in [1.54, 1.807) is 25.3 Å². The first-order valence-electron chi connectivity index (χ1n) is 11.1. The average Bonchev–Trinajstić information content (AvgIpc) is 2.71. The number of aryl methyl sites for hydroxylation is 2. The molecular weight excluding hydrogens is 460 g/mol. The van der Waals surface area contributed by atoms with Crippen LogP contribution in [0.1, 0.15) is 67.8 Å². The maximum Gasteiger partial charge on any atom is 0.232 e. The Hall–Kier alpha value is -2.25. The molecule has 0 unspecified atom stereocenters. The zero-order chi connectivity index (χ0) is 24.9. The first kappa shape index (κ1) is 27.0. The molecule has 0 aliphatic heterocycles. The normalized spacial score (nSPS) is 12.5. The van der Waals surface area contributed by atoms with Crippen LogP contribution < -0.4 is 14.4 Å². The van der Waals surface area contributed by atoms with E-state index in [1.807, 2.05) is 26.8 Å². The standard InChI is InChI=1S/C25H35ClN2O4S/c1-16(2)21-15-22(18(4)13-24(21)32-6)19(5)27-25(29)9-8-12-28(33(7,30)31)23-14-20(26)11-10-17(23)3/h10-11,13-16,19H,8-9,12H2,1-7H3,(H,27,29)/t19-/m1/s1. The van der Waals surface area contributed by atoms with E-state index >= 15 is 0 Å². The van der Waals surface area contributed by atoms with Crippen LogP contribution in [0.3, 0.4) is 0 Å². The van der Waals surface area contributed by atoms with Gasteiger partial charge in [0.1, 0.15) is 5.75 Å². The summed E-state index contributed by atoms with van der Waals surface area (Å²) < 4.78 is 31.6. The van der Waals surface area contributed by atoms with Crippen molar-refractivity contribution in [2.24, 2.45) is 0 Å². The summed E-state index contributed by atoms with van der Waals surface area (Å²) in [7, 11) is -1.85. The molecule has 2 aromatic carbocycles. The van der Waals surface area contributed by atoms with Crippen LogP contribution >= 0.6 is 11.6 Å². The second-order valence-corrected chi connectivity index (χ2v) is 11.1. The lowest BCUT2D eigenvalue weighted by molar-refractivity contribution is -0.121. The van der Waals surface area contributed by atoms with Crippen molar-refractivity contribution in [3.8, 4) is 5.75 Å². The minimum absolute atomic E-state index is 0.125. The molecule has 2 rings (SSSR count). The number of ether oxygens (including phenoxy) is 1. The van der Waals surface area contributed by atoms with Crippen molar-refractivity contribution in [3.63, 3.8) is 0 Å². The topological polar surface area (TPSA) is 75.7 Å². The number of hydrogen-bond acceptors (Lipinski definition) is 4. The Balaban J connectivity index is 2.07. The lowest BCUT2D eigenvalue weighted by atomic mass is 9.93. The maximum atomic E-state index is 12.6. The molecule has 0 aliphatic carbocycles. The third kappa shape index (κ3) is 7.11. The van der Waals surface area contributed by atoms with Gasteiger partial charge in [-0.25, -0.2) is 8.42 Å². The summed E-state index contributed by atoms with van der Waals surface area (Å²) in [5, 5.41) is 3.51. The van der Waals surface area contributed by atoms with Crippen LogP contribution in [0.4, 0.5) is 5.69 Å². The average molecular weight is 495 g/mol. The molecule has 33 heavy (non-hydrogen) atoms. The van der Waals surface area contributed by atoms with Gasteiger partial charge in [0.15, 0.2) is 0 Å². The summed E-state index contributed by atoms with van der Waals surface area (Å²) >= 11 is 6.08. The van der Waals surface area contributed by atoms with E-state index in [-0.39, 0.29) is 24.9 Å². The number of benzene rings is 2. The van der Waals surface area contributed by atoms with Crippen LogP contribution in [-0.4, -0.2) is 34.2 Å². The molecule has 0 saturated carbocycles. The number of hydrogen-bond donors (Lipinski definition) is 1. The third-order valence-electron chi connectivity index (χ3n) is 5.69. The Morgan fingerprint density at radius 2 is 1.76 bits per heavy atom. The highest BCUT2D eigenvalue weighted by Crippen LogP contribution is 2.32. The molecule has 0 fully saturated rings. The number of halogens is 1. The summed E-state index contributed by atoms with van der Waals surface area (Å²) in [6.45, 7) is 10.2. The molecule has 0 saturated heterocycles. The van der Waals surface area contributed by atoms with Gasteiger partial charge in [0, 0.05) is 18.0 Å². The summed E-state index contributed by atoms with van der Waals surface area (Å²) in [6.07, 6.45) is 1.76. The number of methoxy groups -OCH3 is 1. The summed E-state index contributed by atoms with van der Waals surface area (Å²) in [4.78, 5) is 12.6. The highest BCUT2D eigenvalue weighted by atomic mass is 35.5. The second-order valence-electron chi connectivity index (χ2n) is 8.76. The fourth-order valence-corrected chi connectivity index (χ4v) is 5.08. The van der Waals surface area contributed by atoms with Gasteiger partial charge in [0.05, 0.1) is 25.1 Å². The van der Waals surface area contributed by atoms with E-state index in [9.17, 15) is 13.2 Å². The molecule has 182 valence electrons. The van der Waals surface area contributed by atoms with Crippen LogP contribution in [0.25, 0.3) is 0 Å². The molecule has 0 bridgehead atoms. The number of carbonyl (C=O) groups is 1. The number of carbonyl (C=O) groups excluding carboxylic acids is 1. The molecular formula is C25H35ClN2O4S. The number of rotatable bonds is 10. The Kier molecular flexibility index (Phi) is 9.20. The van der Waals surface area contributed by atoms with Gasteiger partial charge in [-0.1, -0.05) is 31.5 Å². The van der Waals surface area contributed by atoms with Crippen LogP contribution in [0.2, 0.25) is 5.02 Å². The van der Waals surface area contributed by atoms with E-state index < -0.39 is 10.0 Å². The van der Waals surface area contributed by atoms with Gasteiger partial charge in [-0.3, -0.25) is 9.10 Å². The van der Waals surface area contributed by atoms with E-state index in [2.05, 4.69) is 25.2 Å². The Labute approximate surface area is 203 Å². The lowest BCUT2D eigenvalue weighted by Crippen LogP contribution is -2.33. The lowest BCUT2D eigenvalue weighted by Gasteiger charge is -2.24. The van der Waals surface area contributed by atoms with Crippen molar-refractivity contribution in [2.45, 2.75) is 59.4 Å². The first-order chi connectivity index (χ1) is 15.3. The quantitative estimate of drug-likeness (QED) is 0.472. The molecule has 8 heteroatoms. The van der Waals surface area contributed by atoms with Crippen molar-refractivity contribution < 1.29 is 17.9 Å². The highest BCUT2D eigenvalue weighted by Gasteiger charge is 2.21. The Bertz CT molecular complexity index is 1100. The maximum absolute atomic E-state index is 12.6. The summed E-state index contributed by atoms with van der Waals surface area (Å²) in [5.74, 6) is 1.01. The number of anilines is 1. The molecule has 1 atom stereocenters. The van der Waals surface area contributed by atoms with Crippen LogP contribution in [0, 0.1) is 13.8 Å². The molecule has 2 aromatic rings. The predicted octanol–water partition coefficient (Wildman–Crippen LogP) is 5.51. The van der Waals surface area contributed by atoms with Crippen molar-refractivity contribution in [1.82, 2.24) is 5.32 Å². The first-order valence-corrected chi connectivity index (χ1v) is 13.3. The van der Waals surface area contributed by atoms with Gasteiger partial charge >= 0.3 is 0 Å². The molecule has 0 radical (unpaired) electrons. The smallest absolute Gasteiger partial charge is 0.232 e. The second kappa shape index (κ2) is 11.3. The van der Waals surface area contributed by atoms with Gasteiger partial charge in [-0.2, -0.15) is 0 Å². The van der Waals surface area contributed by atoms with E-state index in [1.165, 1.54) is 4.31 Å².